The first kappa shape index (κ1) is 16.7. The molecule has 0 fully saturated rings. The van der Waals surface area contributed by atoms with E-state index in [0.717, 1.165) is 16.1 Å². The second-order valence-electron chi connectivity index (χ2n) is 5.67. The molecular weight excluding hydrogens is 340 g/mol. The fraction of sp³-hybridized carbons (Fsp3) is 0.167. The second-order valence-corrected chi connectivity index (χ2v) is 8.38. The maximum atomic E-state index is 12.5. The van der Waals surface area contributed by atoms with E-state index < -0.39 is 10.0 Å². The van der Waals surface area contributed by atoms with Crippen LogP contribution in [0, 0.1) is 0 Å². The van der Waals surface area contributed by atoms with Crippen molar-refractivity contribution < 1.29 is 8.42 Å². The molecule has 0 bridgehead atoms. The van der Waals surface area contributed by atoms with Gasteiger partial charge in [0, 0.05) is 10.4 Å². The first-order valence-corrected chi connectivity index (χ1v) is 9.91. The molecule has 24 heavy (non-hydrogen) atoms. The van der Waals surface area contributed by atoms with Crippen LogP contribution in [0.25, 0.3) is 11.3 Å². The molecule has 1 heterocycles. The van der Waals surface area contributed by atoms with E-state index in [4.69, 9.17) is 0 Å². The van der Waals surface area contributed by atoms with Crippen molar-refractivity contribution in [2.75, 3.05) is 4.72 Å². The molecule has 0 atom stereocenters. The molecule has 0 unspecified atom stereocenters. The monoisotopic (exact) mass is 358 g/mol. The quantitative estimate of drug-likeness (QED) is 0.717. The van der Waals surface area contributed by atoms with Gasteiger partial charge in [-0.15, -0.1) is 11.3 Å². The summed E-state index contributed by atoms with van der Waals surface area (Å²) in [6, 6.07) is 18.1. The number of anilines is 1. The third-order valence-corrected chi connectivity index (χ3v) is 6.26. The molecule has 0 aliphatic heterocycles. The number of aromatic nitrogens is 1. The van der Waals surface area contributed by atoms with Gasteiger partial charge < -0.3 is 0 Å². The van der Waals surface area contributed by atoms with Gasteiger partial charge in [0.1, 0.15) is 0 Å². The first-order chi connectivity index (χ1) is 11.5. The van der Waals surface area contributed by atoms with Gasteiger partial charge in [-0.05, 0) is 18.1 Å². The summed E-state index contributed by atoms with van der Waals surface area (Å²) < 4.78 is 27.6. The Hall–Kier alpha value is -2.18. The molecule has 0 saturated carbocycles. The largest absolute Gasteiger partial charge is 0.263 e. The maximum Gasteiger partial charge on any atom is 0.263 e. The van der Waals surface area contributed by atoms with Gasteiger partial charge in [-0.2, -0.15) is 0 Å². The van der Waals surface area contributed by atoms with Gasteiger partial charge in [-0.3, -0.25) is 4.72 Å². The van der Waals surface area contributed by atoms with Gasteiger partial charge in [0.2, 0.25) is 0 Å². The molecule has 0 aliphatic rings. The molecule has 0 spiro atoms. The lowest BCUT2D eigenvalue weighted by molar-refractivity contribution is 0.601. The number of rotatable bonds is 5. The van der Waals surface area contributed by atoms with Crippen LogP contribution in [0.2, 0.25) is 0 Å². The van der Waals surface area contributed by atoms with E-state index in [-0.39, 0.29) is 10.8 Å². The molecule has 2 aromatic carbocycles. The number of nitrogens with one attached hydrogen (secondary N) is 1. The van der Waals surface area contributed by atoms with E-state index in [9.17, 15) is 8.42 Å². The highest BCUT2D eigenvalue weighted by Gasteiger charge is 2.20. The first-order valence-electron chi connectivity index (χ1n) is 7.61. The minimum atomic E-state index is -3.63. The Morgan fingerprint density at radius 3 is 2.12 bits per heavy atom. The predicted molar refractivity (Wildman–Crippen MR) is 98.9 cm³/mol. The highest BCUT2D eigenvalue weighted by Crippen LogP contribution is 2.36. The van der Waals surface area contributed by atoms with E-state index in [1.165, 1.54) is 11.3 Å². The summed E-state index contributed by atoms with van der Waals surface area (Å²) in [5, 5.41) is 0.390. The molecule has 124 valence electrons. The van der Waals surface area contributed by atoms with E-state index in [2.05, 4.69) is 23.6 Å². The van der Waals surface area contributed by atoms with Crippen LogP contribution in [0.15, 0.2) is 65.6 Å². The summed E-state index contributed by atoms with van der Waals surface area (Å²) in [5.41, 5.74) is 1.82. The zero-order valence-corrected chi connectivity index (χ0v) is 15.1. The Bertz CT molecular complexity index is 918. The SMILES string of the molecule is CC(C)c1sc(NS(=O)(=O)c2ccccc2)nc1-c1ccccc1. The fourth-order valence-corrected chi connectivity index (χ4v) is 4.59. The van der Waals surface area contributed by atoms with Crippen molar-refractivity contribution in [2.24, 2.45) is 0 Å². The summed E-state index contributed by atoms with van der Waals surface area (Å²) in [4.78, 5) is 5.83. The van der Waals surface area contributed by atoms with Crippen molar-refractivity contribution in [3.05, 3.63) is 65.5 Å². The molecule has 4 nitrogen and oxygen atoms in total. The van der Waals surface area contributed by atoms with Gasteiger partial charge in [0.15, 0.2) is 5.13 Å². The summed E-state index contributed by atoms with van der Waals surface area (Å²) in [6.07, 6.45) is 0. The van der Waals surface area contributed by atoms with Crippen LogP contribution in [-0.2, 0) is 10.0 Å². The highest BCUT2D eigenvalue weighted by atomic mass is 32.2. The molecule has 0 aliphatic carbocycles. The molecule has 0 amide bonds. The van der Waals surface area contributed by atoms with E-state index >= 15 is 0 Å². The molecule has 6 heteroatoms. The van der Waals surface area contributed by atoms with Crippen molar-refractivity contribution in [2.45, 2.75) is 24.7 Å². The van der Waals surface area contributed by atoms with Crippen LogP contribution in [0.1, 0.15) is 24.6 Å². The lowest BCUT2D eigenvalue weighted by atomic mass is 10.1. The smallest absolute Gasteiger partial charge is 0.255 e. The van der Waals surface area contributed by atoms with Gasteiger partial charge in [-0.25, -0.2) is 13.4 Å². The van der Waals surface area contributed by atoms with Crippen molar-refractivity contribution >= 4 is 26.5 Å². The molecule has 0 radical (unpaired) electrons. The number of hydrogen-bond acceptors (Lipinski definition) is 4. The van der Waals surface area contributed by atoms with Crippen molar-refractivity contribution in [3.8, 4) is 11.3 Å². The highest BCUT2D eigenvalue weighted by molar-refractivity contribution is 7.93. The van der Waals surface area contributed by atoms with Gasteiger partial charge >= 0.3 is 0 Å². The topological polar surface area (TPSA) is 59.1 Å². The Balaban J connectivity index is 1.99. The number of hydrogen-bond donors (Lipinski definition) is 1. The number of thiazole rings is 1. The van der Waals surface area contributed by atoms with Crippen molar-refractivity contribution in [1.82, 2.24) is 4.98 Å². The Morgan fingerprint density at radius 2 is 1.54 bits per heavy atom. The number of sulfonamides is 1. The summed E-state index contributed by atoms with van der Waals surface area (Å²) in [5.74, 6) is 0.257. The molecule has 3 rings (SSSR count). The number of nitrogens with zero attached hydrogens (tertiary/aromatic N) is 1. The Labute approximate surface area is 146 Å². The summed E-state index contributed by atoms with van der Waals surface area (Å²) in [6.45, 7) is 4.16. The van der Waals surface area contributed by atoms with Crippen LogP contribution in [0.3, 0.4) is 0 Å². The average molecular weight is 358 g/mol. The van der Waals surface area contributed by atoms with Crippen molar-refractivity contribution in [1.29, 1.82) is 0 Å². The molecule has 0 saturated heterocycles. The van der Waals surface area contributed by atoms with Gasteiger partial charge in [-0.1, -0.05) is 62.4 Å². The predicted octanol–water partition coefficient (Wildman–Crippen LogP) is 4.73. The van der Waals surface area contributed by atoms with Gasteiger partial charge in [0.25, 0.3) is 10.0 Å². The Morgan fingerprint density at radius 1 is 0.958 bits per heavy atom. The second kappa shape index (κ2) is 6.75. The summed E-state index contributed by atoms with van der Waals surface area (Å²) >= 11 is 1.38. The minimum absolute atomic E-state index is 0.229. The van der Waals surface area contributed by atoms with Crippen LogP contribution >= 0.6 is 11.3 Å². The molecule has 3 aromatic rings. The maximum absolute atomic E-state index is 12.5. The lowest BCUT2D eigenvalue weighted by Crippen LogP contribution is -2.12. The normalized spacial score (nSPS) is 11.6. The third kappa shape index (κ3) is 3.49. The standard InChI is InChI=1S/C18H18N2O2S2/c1-13(2)17-16(14-9-5-3-6-10-14)19-18(23-17)20-24(21,22)15-11-7-4-8-12-15/h3-13H,1-2H3,(H,19,20). The Kier molecular flexibility index (Phi) is 4.69. The zero-order valence-electron chi connectivity index (χ0n) is 13.4. The van der Waals surface area contributed by atoms with Gasteiger partial charge in [0.05, 0.1) is 10.6 Å². The number of benzene rings is 2. The van der Waals surface area contributed by atoms with E-state index in [0.29, 0.717) is 5.13 Å². The minimum Gasteiger partial charge on any atom is -0.255 e. The van der Waals surface area contributed by atoms with E-state index in [1.54, 1.807) is 30.3 Å². The third-order valence-electron chi connectivity index (χ3n) is 3.50. The van der Waals surface area contributed by atoms with Crippen molar-refractivity contribution in [3.63, 3.8) is 0 Å². The molecular formula is C18H18N2O2S2. The van der Waals surface area contributed by atoms with Crippen LogP contribution in [-0.4, -0.2) is 13.4 Å². The summed E-state index contributed by atoms with van der Waals surface area (Å²) in [7, 11) is -3.63. The average Bonchev–Trinajstić information content (AvgIpc) is 3.00. The van der Waals surface area contributed by atoms with Crippen LogP contribution < -0.4 is 4.72 Å². The zero-order chi connectivity index (χ0) is 17.2. The van der Waals surface area contributed by atoms with Crippen LogP contribution in [0.4, 0.5) is 5.13 Å². The van der Waals surface area contributed by atoms with E-state index in [1.807, 2.05) is 30.3 Å². The lowest BCUT2D eigenvalue weighted by Gasteiger charge is -2.04. The molecule has 1 aromatic heterocycles. The molecule has 1 N–H and O–H groups in total. The fourth-order valence-electron chi connectivity index (χ4n) is 2.34. The van der Waals surface area contributed by atoms with Crippen LogP contribution in [0.5, 0.6) is 0 Å².